The van der Waals surface area contributed by atoms with Gasteiger partial charge in [0.15, 0.2) is 0 Å². The average molecular weight is 759 g/mol. The van der Waals surface area contributed by atoms with E-state index in [0.717, 1.165) is 21.9 Å². The molecule has 1 heteroatoms. The van der Waals surface area contributed by atoms with Gasteiger partial charge < -0.3 is 4.42 Å². The van der Waals surface area contributed by atoms with Crippen molar-refractivity contribution in [2.24, 2.45) is 0 Å². The number of rotatable bonds is 2. The van der Waals surface area contributed by atoms with Crippen molar-refractivity contribution in [3.63, 3.8) is 0 Å². The second-order valence-corrected chi connectivity index (χ2v) is 16.7. The summed E-state index contributed by atoms with van der Waals surface area (Å²) >= 11 is 0. The zero-order chi connectivity index (χ0) is 39.1. The van der Waals surface area contributed by atoms with Gasteiger partial charge in [-0.15, -0.1) is 0 Å². The van der Waals surface area contributed by atoms with Gasteiger partial charge in [0.1, 0.15) is 11.2 Å². The van der Waals surface area contributed by atoms with E-state index in [4.69, 9.17) is 4.42 Å². The van der Waals surface area contributed by atoms with Crippen LogP contribution >= 0.6 is 0 Å². The fourth-order valence-corrected chi connectivity index (χ4v) is 11.4. The summed E-state index contributed by atoms with van der Waals surface area (Å²) < 4.78 is 6.40. The highest BCUT2D eigenvalue weighted by Gasteiger charge is 2.52. The van der Waals surface area contributed by atoms with Gasteiger partial charge in [-0.3, -0.25) is 0 Å². The summed E-state index contributed by atoms with van der Waals surface area (Å²) in [6, 6.07) is 77.1. The lowest BCUT2D eigenvalue weighted by Gasteiger charge is -2.31. The first-order valence-corrected chi connectivity index (χ1v) is 20.9. The molecule has 0 fully saturated rings. The van der Waals surface area contributed by atoms with Crippen LogP contribution in [-0.2, 0) is 5.41 Å². The minimum Gasteiger partial charge on any atom is -0.456 e. The quantitative estimate of drug-likeness (QED) is 0.126. The van der Waals surface area contributed by atoms with Gasteiger partial charge in [-0.25, -0.2) is 0 Å². The Labute approximate surface area is 346 Å². The van der Waals surface area contributed by atoms with Crippen molar-refractivity contribution in [1.82, 2.24) is 0 Å². The summed E-state index contributed by atoms with van der Waals surface area (Å²) in [5.41, 5.74) is 16.9. The Morgan fingerprint density at radius 2 is 0.833 bits per heavy atom. The average Bonchev–Trinajstić information content (AvgIpc) is 3.93. The van der Waals surface area contributed by atoms with Crippen LogP contribution in [0.5, 0.6) is 0 Å². The third-order valence-electron chi connectivity index (χ3n) is 13.8. The van der Waals surface area contributed by atoms with Gasteiger partial charge in [-0.05, 0) is 146 Å². The van der Waals surface area contributed by atoms with E-state index >= 15 is 0 Å². The fourth-order valence-electron chi connectivity index (χ4n) is 11.4. The van der Waals surface area contributed by atoms with Crippen LogP contribution in [0.2, 0.25) is 0 Å². The lowest BCUT2D eigenvalue weighted by molar-refractivity contribution is 0.669. The van der Waals surface area contributed by atoms with E-state index in [1.807, 2.05) is 0 Å². The number of para-hydroxylation sites is 1. The third kappa shape index (κ3) is 4.06. The van der Waals surface area contributed by atoms with Crippen molar-refractivity contribution in [3.8, 4) is 44.5 Å². The van der Waals surface area contributed by atoms with E-state index in [1.165, 1.54) is 110 Å². The molecule has 0 bridgehead atoms. The van der Waals surface area contributed by atoms with Gasteiger partial charge in [-0.1, -0.05) is 170 Å². The molecule has 0 aliphatic heterocycles. The molecule has 0 amide bonds. The Hall–Kier alpha value is -7.74. The van der Waals surface area contributed by atoms with Crippen LogP contribution in [0.25, 0.3) is 110 Å². The van der Waals surface area contributed by atoms with Crippen LogP contribution in [0, 0.1) is 0 Å². The van der Waals surface area contributed by atoms with Crippen molar-refractivity contribution in [2.45, 2.75) is 5.41 Å². The highest BCUT2D eigenvalue weighted by molar-refractivity contribution is 6.21. The normalized spacial score (nSPS) is 13.5. The van der Waals surface area contributed by atoms with E-state index in [0.29, 0.717) is 0 Å². The first kappa shape index (κ1) is 32.2. The molecule has 0 N–H and O–H groups in total. The van der Waals surface area contributed by atoms with E-state index in [-0.39, 0.29) is 0 Å². The number of benzene rings is 11. The number of hydrogen-bond donors (Lipinski definition) is 0. The summed E-state index contributed by atoms with van der Waals surface area (Å²) in [6.45, 7) is 0. The molecule has 1 aromatic heterocycles. The molecule has 14 rings (SSSR count). The largest absolute Gasteiger partial charge is 0.456 e. The Morgan fingerprint density at radius 1 is 0.267 bits per heavy atom. The molecule has 60 heavy (non-hydrogen) atoms. The minimum atomic E-state index is -0.477. The van der Waals surface area contributed by atoms with Gasteiger partial charge in [0.25, 0.3) is 0 Å². The second-order valence-electron chi connectivity index (χ2n) is 16.7. The smallest absolute Gasteiger partial charge is 0.135 e. The van der Waals surface area contributed by atoms with E-state index in [1.54, 1.807) is 0 Å². The van der Waals surface area contributed by atoms with Crippen LogP contribution in [-0.4, -0.2) is 0 Å². The molecule has 0 atom stereocenters. The first-order valence-electron chi connectivity index (χ1n) is 20.9. The highest BCUT2D eigenvalue weighted by atomic mass is 16.3. The molecular weight excluding hydrogens is 725 g/mol. The molecule has 0 radical (unpaired) electrons. The monoisotopic (exact) mass is 758 g/mol. The lowest BCUT2D eigenvalue weighted by Crippen LogP contribution is -2.25. The molecular formula is C59H34O. The molecule has 2 aliphatic rings. The molecule has 276 valence electrons. The fraction of sp³-hybridized carbons (Fsp3) is 0.0169. The number of fused-ring (bicyclic) bond motifs is 18. The second kappa shape index (κ2) is 11.7. The van der Waals surface area contributed by atoms with E-state index in [2.05, 4.69) is 206 Å². The zero-order valence-corrected chi connectivity index (χ0v) is 32.5. The Balaban J connectivity index is 1.14. The maximum absolute atomic E-state index is 6.40. The third-order valence-corrected chi connectivity index (χ3v) is 13.8. The number of furan rings is 1. The van der Waals surface area contributed by atoms with Crippen molar-refractivity contribution in [2.75, 3.05) is 0 Å². The molecule has 0 saturated carbocycles. The van der Waals surface area contributed by atoms with Crippen molar-refractivity contribution in [1.29, 1.82) is 0 Å². The predicted molar refractivity (Wildman–Crippen MR) is 251 cm³/mol. The summed E-state index contributed by atoms with van der Waals surface area (Å²) in [5.74, 6) is 0. The van der Waals surface area contributed by atoms with Gasteiger partial charge in [0, 0.05) is 10.8 Å². The molecule has 1 nitrogen and oxygen atoms in total. The van der Waals surface area contributed by atoms with Gasteiger partial charge in [-0.2, -0.15) is 0 Å². The maximum atomic E-state index is 6.40. The van der Waals surface area contributed by atoms with Gasteiger partial charge in [0.05, 0.1) is 5.41 Å². The predicted octanol–water partition coefficient (Wildman–Crippen LogP) is 15.9. The molecule has 0 saturated heterocycles. The van der Waals surface area contributed by atoms with Crippen molar-refractivity contribution >= 4 is 65.0 Å². The van der Waals surface area contributed by atoms with Gasteiger partial charge >= 0.3 is 0 Å². The van der Waals surface area contributed by atoms with Crippen LogP contribution in [0.1, 0.15) is 22.3 Å². The van der Waals surface area contributed by atoms with Crippen LogP contribution in [0.15, 0.2) is 211 Å². The SMILES string of the molecule is c1ccc2c(c1)-c1ccccc1C21c2ccccc2-c2c1cc1cc(-c3c4ccccc4cc4c3ccc3ccccc34)ccc1c2-c1ccc2oc3ccccc3c2c1. The topological polar surface area (TPSA) is 13.1 Å². The van der Waals surface area contributed by atoms with Crippen molar-refractivity contribution in [3.05, 3.63) is 229 Å². The summed E-state index contributed by atoms with van der Waals surface area (Å²) in [7, 11) is 0. The summed E-state index contributed by atoms with van der Waals surface area (Å²) in [5, 5.41) is 12.4. The Bertz CT molecular complexity index is 3800. The molecule has 12 aromatic rings. The molecule has 1 heterocycles. The summed E-state index contributed by atoms with van der Waals surface area (Å²) in [4.78, 5) is 0. The van der Waals surface area contributed by atoms with Gasteiger partial charge in [0.2, 0.25) is 0 Å². The first-order chi connectivity index (χ1) is 29.8. The van der Waals surface area contributed by atoms with E-state index < -0.39 is 5.41 Å². The van der Waals surface area contributed by atoms with Crippen molar-refractivity contribution < 1.29 is 4.42 Å². The minimum absolute atomic E-state index is 0.477. The Kier molecular flexibility index (Phi) is 6.28. The Morgan fingerprint density at radius 3 is 1.63 bits per heavy atom. The summed E-state index contributed by atoms with van der Waals surface area (Å²) in [6.07, 6.45) is 0. The molecule has 2 aliphatic carbocycles. The molecule has 0 unspecified atom stereocenters. The maximum Gasteiger partial charge on any atom is 0.135 e. The van der Waals surface area contributed by atoms with Crippen LogP contribution in [0.3, 0.4) is 0 Å². The molecule has 1 spiro atoms. The highest BCUT2D eigenvalue weighted by Crippen LogP contribution is 2.65. The van der Waals surface area contributed by atoms with Crippen LogP contribution in [0.4, 0.5) is 0 Å². The lowest BCUT2D eigenvalue weighted by atomic mass is 9.70. The standard InChI is InChI=1S/C59H34O/c1-3-15-40-35(13-1)25-29-46-48(40)32-36-14-2-4-16-41(36)56(46)37-26-28-42-39(31-37)34-53-58(57(42)38-27-30-55-49(33-38)45-19-8-12-24-54(45)60-55)47-20-7-11-23-52(47)59(53)50-21-9-5-17-43(50)44-18-6-10-22-51(44)59/h1-34H. The van der Waals surface area contributed by atoms with E-state index in [9.17, 15) is 0 Å². The molecule has 11 aromatic carbocycles. The number of hydrogen-bond acceptors (Lipinski definition) is 1. The zero-order valence-electron chi connectivity index (χ0n) is 32.5. The van der Waals surface area contributed by atoms with Crippen LogP contribution < -0.4 is 0 Å².